The summed E-state index contributed by atoms with van der Waals surface area (Å²) in [6.45, 7) is 0.0700. The summed E-state index contributed by atoms with van der Waals surface area (Å²) in [7, 11) is 0. The zero-order valence-electron chi connectivity index (χ0n) is 10.2. The van der Waals surface area contributed by atoms with E-state index in [4.69, 9.17) is 0 Å². The summed E-state index contributed by atoms with van der Waals surface area (Å²) in [4.78, 5) is 0. The summed E-state index contributed by atoms with van der Waals surface area (Å²) in [6, 6.07) is 8.51. The lowest BCUT2D eigenvalue weighted by Gasteiger charge is -2.15. The molecular weight excluding hydrogens is 396 g/mol. The maximum absolute atomic E-state index is 13.5. The molecule has 1 atom stereocenters. The van der Waals surface area contributed by atoms with Gasteiger partial charge in [0.25, 0.3) is 0 Å². The highest BCUT2D eigenvalue weighted by atomic mass is 79.9. The molecule has 2 rings (SSSR count). The maximum atomic E-state index is 13.5. The van der Waals surface area contributed by atoms with Crippen LogP contribution in [0, 0.1) is 11.6 Å². The zero-order valence-corrected chi connectivity index (χ0v) is 13.4. The second-order valence-corrected chi connectivity index (χ2v) is 5.96. The van der Waals surface area contributed by atoms with Gasteiger partial charge in [0.1, 0.15) is 11.6 Å². The van der Waals surface area contributed by atoms with Gasteiger partial charge in [0.05, 0.1) is 6.10 Å². The molecular formula is C14H11Br2F2NO. The fourth-order valence-corrected chi connectivity index (χ4v) is 2.91. The van der Waals surface area contributed by atoms with Crippen LogP contribution in [0.15, 0.2) is 45.3 Å². The number of halogens is 4. The third kappa shape index (κ3) is 3.77. The number of anilines is 1. The van der Waals surface area contributed by atoms with E-state index in [1.807, 2.05) is 18.2 Å². The van der Waals surface area contributed by atoms with Gasteiger partial charge in [-0.05, 0) is 52.3 Å². The predicted octanol–water partition coefficient (Wildman–Crippen LogP) is 4.64. The van der Waals surface area contributed by atoms with E-state index in [-0.39, 0.29) is 12.1 Å². The Hall–Kier alpha value is -0.980. The normalized spacial score (nSPS) is 12.2. The van der Waals surface area contributed by atoms with Crippen LogP contribution in [-0.4, -0.2) is 11.7 Å². The van der Waals surface area contributed by atoms with E-state index in [9.17, 15) is 13.9 Å². The highest BCUT2D eigenvalue weighted by Crippen LogP contribution is 2.27. The van der Waals surface area contributed by atoms with Crippen LogP contribution in [0.2, 0.25) is 0 Å². The zero-order chi connectivity index (χ0) is 14.7. The van der Waals surface area contributed by atoms with E-state index in [2.05, 4.69) is 37.2 Å². The van der Waals surface area contributed by atoms with Crippen molar-refractivity contribution in [3.63, 3.8) is 0 Å². The first-order valence-corrected chi connectivity index (χ1v) is 7.38. The molecule has 0 fully saturated rings. The van der Waals surface area contributed by atoms with Crippen molar-refractivity contribution < 1.29 is 13.9 Å². The van der Waals surface area contributed by atoms with Crippen molar-refractivity contribution in [2.75, 3.05) is 11.9 Å². The minimum Gasteiger partial charge on any atom is -0.386 e. The molecule has 0 aliphatic carbocycles. The minimum absolute atomic E-state index is 0.0641. The molecule has 1 unspecified atom stereocenters. The molecule has 0 heterocycles. The van der Waals surface area contributed by atoms with Crippen LogP contribution in [0.25, 0.3) is 0 Å². The maximum Gasteiger partial charge on any atom is 0.129 e. The smallest absolute Gasteiger partial charge is 0.129 e. The van der Waals surface area contributed by atoms with E-state index in [1.54, 1.807) is 0 Å². The molecule has 0 aliphatic heterocycles. The van der Waals surface area contributed by atoms with Gasteiger partial charge in [-0.1, -0.05) is 15.9 Å². The second-order valence-electron chi connectivity index (χ2n) is 4.19. The molecule has 0 bridgehead atoms. The molecule has 0 radical (unpaired) electrons. The molecule has 0 spiro atoms. The Balaban J connectivity index is 2.08. The molecule has 2 aromatic carbocycles. The average molecular weight is 407 g/mol. The summed E-state index contributed by atoms with van der Waals surface area (Å²) in [5, 5.41) is 12.9. The highest BCUT2D eigenvalue weighted by Gasteiger charge is 2.14. The van der Waals surface area contributed by atoms with Crippen molar-refractivity contribution in [3.8, 4) is 0 Å². The number of aliphatic hydroxyl groups is 1. The Labute approximate surface area is 132 Å². The molecule has 0 saturated heterocycles. The third-order valence-electron chi connectivity index (χ3n) is 2.73. The average Bonchev–Trinajstić information content (AvgIpc) is 2.40. The highest BCUT2D eigenvalue weighted by molar-refractivity contribution is 9.11. The number of hydrogen-bond donors (Lipinski definition) is 2. The quantitative estimate of drug-likeness (QED) is 0.775. The molecule has 2 nitrogen and oxygen atoms in total. The lowest BCUT2D eigenvalue weighted by molar-refractivity contribution is 0.186. The van der Waals surface area contributed by atoms with Gasteiger partial charge in [-0.2, -0.15) is 0 Å². The van der Waals surface area contributed by atoms with Gasteiger partial charge in [0, 0.05) is 26.7 Å². The first-order valence-electron chi connectivity index (χ1n) is 5.79. The van der Waals surface area contributed by atoms with Gasteiger partial charge < -0.3 is 10.4 Å². The van der Waals surface area contributed by atoms with Crippen LogP contribution >= 0.6 is 31.9 Å². The topological polar surface area (TPSA) is 32.3 Å². The molecule has 6 heteroatoms. The van der Waals surface area contributed by atoms with Gasteiger partial charge >= 0.3 is 0 Å². The third-order valence-corrected chi connectivity index (χ3v) is 3.88. The Morgan fingerprint density at radius 2 is 1.85 bits per heavy atom. The summed E-state index contributed by atoms with van der Waals surface area (Å²) in [6.07, 6.45) is -1.14. The van der Waals surface area contributed by atoms with Crippen LogP contribution in [0.1, 0.15) is 11.7 Å². The Bertz CT molecular complexity index is 622. The second kappa shape index (κ2) is 6.65. The molecule has 0 aromatic heterocycles. The van der Waals surface area contributed by atoms with Gasteiger partial charge in [0.2, 0.25) is 0 Å². The number of benzene rings is 2. The van der Waals surface area contributed by atoms with Crippen molar-refractivity contribution in [3.05, 3.63) is 62.5 Å². The molecule has 0 aliphatic rings. The number of aliphatic hydroxyl groups excluding tert-OH is 1. The number of hydrogen-bond acceptors (Lipinski definition) is 2. The minimum atomic E-state index is -1.14. The first-order chi connectivity index (χ1) is 9.47. The first kappa shape index (κ1) is 15.4. The van der Waals surface area contributed by atoms with Gasteiger partial charge in [-0.3, -0.25) is 0 Å². The molecule has 2 N–H and O–H groups in total. The van der Waals surface area contributed by atoms with Crippen molar-refractivity contribution in [2.24, 2.45) is 0 Å². The molecule has 2 aromatic rings. The SMILES string of the molecule is OC(CNc1ccc(Br)cc1Br)c1cc(F)ccc1F. The van der Waals surface area contributed by atoms with Crippen molar-refractivity contribution >= 4 is 37.5 Å². The lowest BCUT2D eigenvalue weighted by Crippen LogP contribution is -2.14. The lowest BCUT2D eigenvalue weighted by atomic mass is 10.1. The van der Waals surface area contributed by atoms with Gasteiger partial charge in [0.15, 0.2) is 0 Å². The van der Waals surface area contributed by atoms with E-state index in [0.29, 0.717) is 0 Å². The number of nitrogens with one attached hydrogen (secondary N) is 1. The van der Waals surface area contributed by atoms with E-state index < -0.39 is 17.7 Å². The van der Waals surface area contributed by atoms with E-state index in [0.717, 1.165) is 32.8 Å². The van der Waals surface area contributed by atoms with E-state index >= 15 is 0 Å². The van der Waals surface area contributed by atoms with Gasteiger partial charge in [-0.15, -0.1) is 0 Å². The van der Waals surface area contributed by atoms with Crippen LogP contribution in [0.3, 0.4) is 0 Å². The Morgan fingerprint density at radius 3 is 2.55 bits per heavy atom. The predicted molar refractivity (Wildman–Crippen MR) is 81.6 cm³/mol. The Morgan fingerprint density at radius 1 is 1.10 bits per heavy atom. The standard InChI is InChI=1S/C14H11Br2F2NO/c15-8-1-4-13(11(16)5-8)19-7-14(20)10-6-9(17)2-3-12(10)18/h1-6,14,19-20H,7H2. The molecule has 0 saturated carbocycles. The fourth-order valence-electron chi connectivity index (χ4n) is 1.72. The van der Waals surface area contributed by atoms with Crippen LogP contribution < -0.4 is 5.32 Å². The monoisotopic (exact) mass is 405 g/mol. The summed E-state index contributed by atoms with van der Waals surface area (Å²) in [5.74, 6) is -1.21. The molecule has 0 amide bonds. The fraction of sp³-hybridized carbons (Fsp3) is 0.143. The molecule has 20 heavy (non-hydrogen) atoms. The van der Waals surface area contributed by atoms with Crippen molar-refractivity contribution in [1.29, 1.82) is 0 Å². The van der Waals surface area contributed by atoms with Crippen LogP contribution in [-0.2, 0) is 0 Å². The van der Waals surface area contributed by atoms with Crippen LogP contribution in [0.5, 0.6) is 0 Å². The van der Waals surface area contributed by atoms with Crippen molar-refractivity contribution in [1.82, 2.24) is 0 Å². The van der Waals surface area contributed by atoms with Crippen molar-refractivity contribution in [2.45, 2.75) is 6.10 Å². The summed E-state index contributed by atoms with van der Waals surface area (Å²) < 4.78 is 28.3. The Kier molecular flexibility index (Phi) is 5.12. The summed E-state index contributed by atoms with van der Waals surface area (Å²) >= 11 is 6.70. The van der Waals surface area contributed by atoms with Gasteiger partial charge in [-0.25, -0.2) is 8.78 Å². The largest absolute Gasteiger partial charge is 0.386 e. The van der Waals surface area contributed by atoms with Crippen LogP contribution in [0.4, 0.5) is 14.5 Å². The van der Waals surface area contributed by atoms with E-state index in [1.165, 1.54) is 0 Å². The summed E-state index contributed by atoms with van der Waals surface area (Å²) in [5.41, 5.74) is 0.690. The molecule has 106 valence electrons. The number of rotatable bonds is 4.